The molecule has 6 heteroatoms. The number of esters is 3. The molecule has 0 heterocycles. The van der Waals surface area contributed by atoms with Gasteiger partial charge in [0, 0.05) is 19.3 Å². The van der Waals surface area contributed by atoms with Gasteiger partial charge in [-0.2, -0.15) is 0 Å². The van der Waals surface area contributed by atoms with Gasteiger partial charge >= 0.3 is 17.9 Å². The lowest BCUT2D eigenvalue weighted by molar-refractivity contribution is -0.167. The van der Waals surface area contributed by atoms with Gasteiger partial charge in [-0.3, -0.25) is 14.4 Å². The average Bonchev–Trinajstić information content (AvgIpc) is 3.46. The molecule has 0 bridgehead atoms. The molecule has 1 atom stereocenters. The van der Waals surface area contributed by atoms with Crippen LogP contribution in [0.1, 0.15) is 374 Å². The zero-order chi connectivity index (χ0) is 57.8. The summed E-state index contributed by atoms with van der Waals surface area (Å²) in [6.07, 6.45) is 88.2. The Hall–Kier alpha value is -2.89. The number of ether oxygens (including phenoxy) is 3. The number of hydrogen-bond acceptors (Lipinski definition) is 6. The molecular formula is C74H134O6. The number of hydrogen-bond donors (Lipinski definition) is 0. The predicted octanol–water partition coefficient (Wildman–Crippen LogP) is 24.3. The Morgan fingerprint density at radius 1 is 0.263 bits per heavy atom. The van der Waals surface area contributed by atoms with Crippen molar-refractivity contribution in [1.82, 2.24) is 0 Å². The van der Waals surface area contributed by atoms with E-state index in [1.165, 1.54) is 244 Å². The van der Waals surface area contributed by atoms with Crippen LogP contribution in [0, 0.1) is 0 Å². The first-order valence-corrected chi connectivity index (χ1v) is 35.3. The first kappa shape index (κ1) is 77.1. The van der Waals surface area contributed by atoms with Gasteiger partial charge in [-0.05, 0) is 64.2 Å². The summed E-state index contributed by atoms with van der Waals surface area (Å²) in [4.78, 5) is 38.4. The fraction of sp³-hybridized carbons (Fsp3) is 0.824. The van der Waals surface area contributed by atoms with Crippen LogP contribution < -0.4 is 0 Å². The summed E-state index contributed by atoms with van der Waals surface area (Å²) in [6.45, 7) is 6.58. The smallest absolute Gasteiger partial charge is 0.306 e. The summed E-state index contributed by atoms with van der Waals surface area (Å²) < 4.78 is 17.0. The van der Waals surface area contributed by atoms with Crippen LogP contribution in [0.15, 0.2) is 60.8 Å². The molecule has 1 unspecified atom stereocenters. The monoisotopic (exact) mass is 1120 g/mol. The maximum atomic E-state index is 12.9. The summed E-state index contributed by atoms with van der Waals surface area (Å²) in [5, 5.41) is 0. The topological polar surface area (TPSA) is 78.9 Å². The highest BCUT2D eigenvalue weighted by molar-refractivity contribution is 5.71. The molecule has 0 saturated carbocycles. The molecule has 0 aromatic rings. The fourth-order valence-corrected chi connectivity index (χ4v) is 10.5. The largest absolute Gasteiger partial charge is 0.462 e. The second-order valence-corrected chi connectivity index (χ2v) is 23.8. The number of unbranched alkanes of at least 4 members (excludes halogenated alkanes) is 44. The molecular weight excluding hydrogens is 985 g/mol. The van der Waals surface area contributed by atoms with Gasteiger partial charge < -0.3 is 14.2 Å². The van der Waals surface area contributed by atoms with Crippen LogP contribution in [-0.4, -0.2) is 37.2 Å². The Morgan fingerprint density at radius 3 is 0.762 bits per heavy atom. The molecule has 0 aliphatic rings. The minimum absolute atomic E-state index is 0.0678. The molecule has 0 radical (unpaired) electrons. The Balaban J connectivity index is 4.18. The zero-order valence-electron chi connectivity index (χ0n) is 53.6. The third-order valence-corrected chi connectivity index (χ3v) is 15.8. The summed E-state index contributed by atoms with van der Waals surface area (Å²) in [6, 6.07) is 0. The van der Waals surface area contributed by atoms with E-state index in [2.05, 4.69) is 81.5 Å². The van der Waals surface area contributed by atoms with E-state index in [-0.39, 0.29) is 31.1 Å². The molecule has 0 spiro atoms. The van der Waals surface area contributed by atoms with Gasteiger partial charge in [-0.1, -0.05) is 351 Å². The Kier molecular flexibility index (Phi) is 66.1. The van der Waals surface area contributed by atoms with Crippen LogP contribution in [0.5, 0.6) is 0 Å². The van der Waals surface area contributed by atoms with E-state index >= 15 is 0 Å². The van der Waals surface area contributed by atoms with E-state index in [9.17, 15) is 14.4 Å². The second-order valence-electron chi connectivity index (χ2n) is 23.8. The summed E-state index contributed by atoms with van der Waals surface area (Å²) in [5.41, 5.74) is 0. The maximum absolute atomic E-state index is 12.9. The van der Waals surface area contributed by atoms with Crippen molar-refractivity contribution in [3.8, 4) is 0 Å². The van der Waals surface area contributed by atoms with E-state index in [0.29, 0.717) is 19.3 Å². The van der Waals surface area contributed by atoms with Gasteiger partial charge in [0.2, 0.25) is 0 Å². The summed E-state index contributed by atoms with van der Waals surface area (Å²) in [5.74, 6) is -0.844. The van der Waals surface area contributed by atoms with Crippen molar-refractivity contribution in [3.63, 3.8) is 0 Å². The first-order valence-electron chi connectivity index (χ1n) is 35.3. The van der Waals surface area contributed by atoms with Gasteiger partial charge in [0.05, 0.1) is 0 Å². The van der Waals surface area contributed by atoms with E-state index in [0.717, 1.165) is 89.9 Å². The Bertz CT molecular complexity index is 1430. The van der Waals surface area contributed by atoms with Crippen LogP contribution in [0.4, 0.5) is 0 Å². The molecule has 6 nitrogen and oxygen atoms in total. The van der Waals surface area contributed by atoms with E-state index in [1.54, 1.807) is 0 Å². The molecule has 0 amide bonds. The van der Waals surface area contributed by atoms with E-state index < -0.39 is 6.10 Å². The summed E-state index contributed by atoms with van der Waals surface area (Å²) >= 11 is 0. The van der Waals surface area contributed by atoms with Crippen LogP contribution in [-0.2, 0) is 28.6 Å². The SMILES string of the molecule is CC/C=C\C/C=C\C/C=C\C/C=C\C/C=C\CCCCCCCCCCCCCCCC(=O)OCC(COC(=O)CCCCCCCCCCCCC)OC(=O)CCCCCCCCCCCCCCCCCCCCCCCC. The normalized spacial score (nSPS) is 12.4. The molecule has 466 valence electrons. The summed E-state index contributed by atoms with van der Waals surface area (Å²) in [7, 11) is 0. The maximum Gasteiger partial charge on any atom is 0.306 e. The van der Waals surface area contributed by atoms with Crippen LogP contribution in [0.3, 0.4) is 0 Å². The van der Waals surface area contributed by atoms with Crippen molar-refractivity contribution in [1.29, 1.82) is 0 Å². The molecule has 0 aliphatic heterocycles. The van der Waals surface area contributed by atoms with Crippen molar-refractivity contribution >= 4 is 17.9 Å². The minimum atomic E-state index is -0.771. The predicted molar refractivity (Wildman–Crippen MR) is 348 cm³/mol. The molecule has 0 rings (SSSR count). The number of allylic oxidation sites excluding steroid dienone is 10. The minimum Gasteiger partial charge on any atom is -0.462 e. The molecule has 0 aliphatic carbocycles. The van der Waals surface area contributed by atoms with E-state index in [4.69, 9.17) is 14.2 Å². The molecule has 0 aromatic heterocycles. The highest BCUT2D eigenvalue weighted by Gasteiger charge is 2.19. The highest BCUT2D eigenvalue weighted by Crippen LogP contribution is 2.18. The number of carbonyl (C=O) groups excluding carboxylic acids is 3. The lowest BCUT2D eigenvalue weighted by Crippen LogP contribution is -2.30. The van der Waals surface area contributed by atoms with Crippen molar-refractivity contribution in [2.75, 3.05) is 13.2 Å². The standard InChI is InChI=1S/C74H134O6/c1-4-7-10-13-16-19-22-24-26-28-30-32-34-35-36-37-38-39-40-42-43-45-47-49-52-55-58-61-64-67-73(76)79-70-71(69-78-72(75)66-63-60-57-54-51-21-18-15-12-9-6-3)80-74(77)68-65-62-59-56-53-50-48-46-44-41-33-31-29-27-25-23-20-17-14-11-8-5-2/h7,10,16,19,24,26,30,32,35-36,71H,4-6,8-9,11-15,17-18,20-23,25,27-29,31,33-34,37-70H2,1-3H3/b10-7-,19-16-,26-24-,32-30-,36-35-. The van der Waals surface area contributed by atoms with Crippen LogP contribution in [0.25, 0.3) is 0 Å². The Labute approximate surface area is 498 Å². The molecule has 0 fully saturated rings. The van der Waals surface area contributed by atoms with Crippen molar-refractivity contribution in [3.05, 3.63) is 60.8 Å². The first-order chi connectivity index (χ1) is 39.5. The third-order valence-electron chi connectivity index (χ3n) is 15.8. The van der Waals surface area contributed by atoms with Crippen molar-refractivity contribution in [2.24, 2.45) is 0 Å². The van der Waals surface area contributed by atoms with Gasteiger partial charge in [0.15, 0.2) is 6.10 Å². The second kappa shape index (κ2) is 68.6. The van der Waals surface area contributed by atoms with E-state index in [1.807, 2.05) is 0 Å². The van der Waals surface area contributed by atoms with Crippen LogP contribution in [0.2, 0.25) is 0 Å². The number of rotatable bonds is 65. The molecule has 0 aromatic carbocycles. The van der Waals surface area contributed by atoms with Crippen molar-refractivity contribution < 1.29 is 28.6 Å². The lowest BCUT2D eigenvalue weighted by atomic mass is 10.0. The van der Waals surface area contributed by atoms with Gasteiger partial charge in [0.25, 0.3) is 0 Å². The average molecular weight is 1120 g/mol. The Morgan fingerprint density at radius 2 is 0.487 bits per heavy atom. The van der Waals surface area contributed by atoms with Gasteiger partial charge in [-0.25, -0.2) is 0 Å². The van der Waals surface area contributed by atoms with Crippen LogP contribution >= 0.6 is 0 Å². The molecule has 80 heavy (non-hydrogen) atoms. The molecule has 0 N–H and O–H groups in total. The third kappa shape index (κ3) is 65.9. The van der Waals surface area contributed by atoms with Crippen molar-refractivity contribution in [2.45, 2.75) is 380 Å². The lowest BCUT2D eigenvalue weighted by Gasteiger charge is -2.18. The number of carbonyl (C=O) groups is 3. The van der Waals surface area contributed by atoms with Gasteiger partial charge in [-0.15, -0.1) is 0 Å². The highest BCUT2D eigenvalue weighted by atomic mass is 16.6. The fourth-order valence-electron chi connectivity index (χ4n) is 10.5. The quantitative estimate of drug-likeness (QED) is 0.0261. The zero-order valence-corrected chi connectivity index (χ0v) is 53.6. The molecule has 0 saturated heterocycles. The van der Waals surface area contributed by atoms with Gasteiger partial charge in [0.1, 0.15) is 13.2 Å².